The van der Waals surface area contributed by atoms with Crippen LogP contribution in [0.1, 0.15) is 0 Å². The van der Waals surface area contributed by atoms with Crippen molar-refractivity contribution < 1.29 is 9.59 Å². The molecule has 4 N–H and O–H groups in total. The summed E-state index contributed by atoms with van der Waals surface area (Å²) < 4.78 is 2.01. The van der Waals surface area contributed by atoms with Crippen LogP contribution in [0.2, 0.25) is 0 Å². The van der Waals surface area contributed by atoms with Crippen LogP contribution in [-0.4, -0.2) is 16.5 Å². The fourth-order valence-electron chi connectivity index (χ4n) is 3.39. The lowest BCUT2D eigenvalue weighted by Gasteiger charge is -2.12. The predicted octanol–water partition coefficient (Wildman–Crippen LogP) is 4.44. The van der Waals surface area contributed by atoms with Crippen LogP contribution < -0.4 is 16.4 Å². The highest BCUT2D eigenvalue weighted by Gasteiger charge is 2.13. The molecule has 0 spiro atoms. The smallest absolute Gasteiger partial charge is 0.316 e. The standard InChI is InChI=1S/C23H20N4O2/c24-23(29)26-19-11-6-10-18(14-19)25-22(28)15-27-20-12-5-4-9-17(20)13-21(27)16-7-2-1-3-8-16/h1-14H,15H2,(H,25,28)(H3,24,26,29). The average molecular weight is 384 g/mol. The van der Waals surface area contributed by atoms with Gasteiger partial charge in [0.1, 0.15) is 6.54 Å². The van der Waals surface area contributed by atoms with Gasteiger partial charge in [-0.1, -0.05) is 54.6 Å². The third-order valence-corrected chi connectivity index (χ3v) is 4.60. The van der Waals surface area contributed by atoms with E-state index in [0.29, 0.717) is 11.4 Å². The largest absolute Gasteiger partial charge is 0.351 e. The summed E-state index contributed by atoms with van der Waals surface area (Å²) in [6, 6.07) is 26.3. The van der Waals surface area contributed by atoms with Crippen molar-refractivity contribution in [3.05, 3.63) is 84.9 Å². The summed E-state index contributed by atoms with van der Waals surface area (Å²) in [4.78, 5) is 23.8. The van der Waals surface area contributed by atoms with Crippen molar-refractivity contribution in [3.8, 4) is 11.3 Å². The molecular weight excluding hydrogens is 364 g/mol. The van der Waals surface area contributed by atoms with Crippen molar-refractivity contribution in [1.29, 1.82) is 0 Å². The van der Waals surface area contributed by atoms with Crippen LogP contribution in [-0.2, 0) is 11.3 Å². The summed E-state index contributed by atoms with van der Waals surface area (Å²) in [5.41, 5.74) is 9.27. The summed E-state index contributed by atoms with van der Waals surface area (Å²) >= 11 is 0. The lowest BCUT2D eigenvalue weighted by Crippen LogP contribution is -2.20. The molecule has 29 heavy (non-hydrogen) atoms. The number of fused-ring (bicyclic) bond motifs is 1. The molecule has 0 atom stereocenters. The number of carbonyl (C=O) groups excluding carboxylic acids is 2. The number of urea groups is 1. The van der Waals surface area contributed by atoms with E-state index >= 15 is 0 Å². The Morgan fingerprint density at radius 3 is 2.24 bits per heavy atom. The maximum atomic E-state index is 12.8. The number of carbonyl (C=O) groups is 2. The highest BCUT2D eigenvalue weighted by atomic mass is 16.2. The molecule has 1 aromatic heterocycles. The topological polar surface area (TPSA) is 89.2 Å². The second kappa shape index (κ2) is 7.90. The van der Waals surface area contributed by atoms with Gasteiger partial charge in [0, 0.05) is 28.0 Å². The molecule has 4 rings (SSSR count). The van der Waals surface area contributed by atoms with Crippen LogP contribution in [0.3, 0.4) is 0 Å². The van der Waals surface area contributed by atoms with E-state index in [1.54, 1.807) is 24.3 Å². The minimum Gasteiger partial charge on any atom is -0.351 e. The van der Waals surface area contributed by atoms with Crippen LogP contribution in [0.15, 0.2) is 84.9 Å². The molecule has 0 bridgehead atoms. The van der Waals surface area contributed by atoms with Gasteiger partial charge in [-0.25, -0.2) is 4.79 Å². The van der Waals surface area contributed by atoms with Gasteiger partial charge in [-0.3, -0.25) is 4.79 Å². The number of hydrogen-bond donors (Lipinski definition) is 3. The van der Waals surface area contributed by atoms with Gasteiger partial charge >= 0.3 is 6.03 Å². The number of benzene rings is 3. The highest BCUT2D eigenvalue weighted by Crippen LogP contribution is 2.28. The second-order valence-corrected chi connectivity index (χ2v) is 6.66. The van der Waals surface area contributed by atoms with E-state index in [-0.39, 0.29) is 12.5 Å². The molecule has 6 nitrogen and oxygen atoms in total. The predicted molar refractivity (Wildman–Crippen MR) is 116 cm³/mol. The van der Waals surface area contributed by atoms with E-state index in [4.69, 9.17) is 5.73 Å². The first-order chi connectivity index (χ1) is 14.1. The zero-order valence-corrected chi connectivity index (χ0v) is 15.6. The molecule has 0 aliphatic heterocycles. The van der Waals surface area contributed by atoms with Crippen LogP contribution in [0.4, 0.5) is 16.2 Å². The number of primary amides is 1. The lowest BCUT2D eigenvalue weighted by molar-refractivity contribution is -0.116. The summed E-state index contributed by atoms with van der Waals surface area (Å²) in [5, 5.41) is 6.46. The van der Waals surface area contributed by atoms with E-state index in [1.807, 2.05) is 59.2 Å². The third kappa shape index (κ3) is 4.11. The Labute approximate surface area is 168 Å². The van der Waals surface area contributed by atoms with Crippen LogP contribution in [0, 0.1) is 0 Å². The zero-order chi connectivity index (χ0) is 20.2. The molecule has 0 saturated carbocycles. The first-order valence-corrected chi connectivity index (χ1v) is 9.20. The SMILES string of the molecule is NC(=O)Nc1cccc(NC(=O)Cn2c(-c3ccccc3)cc3ccccc32)c1. The first-order valence-electron chi connectivity index (χ1n) is 9.20. The Hall–Kier alpha value is -4.06. The molecular formula is C23H20N4O2. The Morgan fingerprint density at radius 1 is 0.793 bits per heavy atom. The van der Waals surface area contributed by atoms with Crippen molar-refractivity contribution in [1.82, 2.24) is 4.57 Å². The van der Waals surface area contributed by atoms with Gasteiger partial charge in [-0.05, 0) is 35.9 Å². The maximum Gasteiger partial charge on any atom is 0.316 e. The highest BCUT2D eigenvalue weighted by molar-refractivity contribution is 5.95. The molecule has 0 aliphatic carbocycles. The number of nitrogens with two attached hydrogens (primary N) is 1. The van der Waals surface area contributed by atoms with E-state index in [9.17, 15) is 9.59 Å². The second-order valence-electron chi connectivity index (χ2n) is 6.66. The average Bonchev–Trinajstić information content (AvgIpc) is 3.07. The number of nitrogens with one attached hydrogen (secondary N) is 2. The summed E-state index contributed by atoms with van der Waals surface area (Å²) in [7, 11) is 0. The molecule has 0 unspecified atom stereocenters. The van der Waals surface area contributed by atoms with Crippen molar-refractivity contribution in [2.75, 3.05) is 10.6 Å². The number of anilines is 2. The number of para-hydroxylation sites is 1. The van der Waals surface area contributed by atoms with Crippen molar-refractivity contribution >= 4 is 34.2 Å². The van der Waals surface area contributed by atoms with E-state index in [1.165, 1.54) is 0 Å². The summed E-state index contributed by atoms with van der Waals surface area (Å²) in [5.74, 6) is -0.167. The number of amides is 3. The fourth-order valence-corrected chi connectivity index (χ4v) is 3.39. The summed E-state index contributed by atoms with van der Waals surface area (Å²) in [6.07, 6.45) is 0. The molecule has 4 aromatic rings. The van der Waals surface area contributed by atoms with Crippen LogP contribution in [0.5, 0.6) is 0 Å². The van der Waals surface area contributed by atoms with Gasteiger partial charge < -0.3 is 20.9 Å². The quantitative estimate of drug-likeness (QED) is 0.475. The fraction of sp³-hybridized carbons (Fsp3) is 0.0435. The minimum atomic E-state index is -0.653. The van der Waals surface area contributed by atoms with Gasteiger partial charge in [0.15, 0.2) is 0 Å². The number of rotatable bonds is 5. The molecule has 0 saturated heterocycles. The van der Waals surface area contributed by atoms with Gasteiger partial charge in [-0.15, -0.1) is 0 Å². The molecule has 0 fully saturated rings. The summed E-state index contributed by atoms with van der Waals surface area (Å²) in [6.45, 7) is 0.158. The number of aromatic nitrogens is 1. The monoisotopic (exact) mass is 384 g/mol. The lowest BCUT2D eigenvalue weighted by atomic mass is 10.1. The maximum absolute atomic E-state index is 12.8. The first kappa shape index (κ1) is 18.3. The minimum absolute atomic E-state index is 0.158. The van der Waals surface area contributed by atoms with Crippen LogP contribution in [0.25, 0.3) is 22.2 Å². The van der Waals surface area contributed by atoms with E-state index < -0.39 is 6.03 Å². The molecule has 0 radical (unpaired) electrons. The normalized spacial score (nSPS) is 10.6. The molecule has 6 heteroatoms. The Bertz CT molecular complexity index is 1180. The Kier molecular flexibility index (Phi) is 4.99. The van der Waals surface area contributed by atoms with Gasteiger partial charge in [0.2, 0.25) is 5.91 Å². The molecule has 1 heterocycles. The molecule has 3 aromatic carbocycles. The van der Waals surface area contributed by atoms with Gasteiger partial charge in [0.05, 0.1) is 0 Å². The number of hydrogen-bond acceptors (Lipinski definition) is 2. The van der Waals surface area contributed by atoms with Crippen molar-refractivity contribution in [3.63, 3.8) is 0 Å². The van der Waals surface area contributed by atoms with E-state index in [2.05, 4.69) is 16.7 Å². The van der Waals surface area contributed by atoms with Gasteiger partial charge in [0.25, 0.3) is 0 Å². The Balaban J connectivity index is 1.62. The zero-order valence-electron chi connectivity index (χ0n) is 15.6. The van der Waals surface area contributed by atoms with Crippen LogP contribution >= 0.6 is 0 Å². The Morgan fingerprint density at radius 2 is 1.48 bits per heavy atom. The third-order valence-electron chi connectivity index (χ3n) is 4.60. The van der Waals surface area contributed by atoms with Crippen molar-refractivity contribution in [2.45, 2.75) is 6.54 Å². The van der Waals surface area contributed by atoms with Gasteiger partial charge in [-0.2, -0.15) is 0 Å². The van der Waals surface area contributed by atoms with Crippen molar-refractivity contribution in [2.24, 2.45) is 5.73 Å². The number of nitrogens with zero attached hydrogens (tertiary/aromatic N) is 1. The molecule has 0 aliphatic rings. The molecule has 144 valence electrons. The van der Waals surface area contributed by atoms with E-state index in [0.717, 1.165) is 22.2 Å². The molecule has 3 amide bonds.